The molecular formula is C20H24ClFN2O4S. The number of aryl methyl sites for hydroxylation is 1. The third kappa shape index (κ3) is 3.81. The molecule has 1 N–H and O–H groups in total. The number of sulfonamides is 1. The highest BCUT2D eigenvalue weighted by molar-refractivity contribution is 7.93. The minimum atomic E-state index is -4.01. The van der Waals surface area contributed by atoms with Crippen LogP contribution in [0.4, 0.5) is 4.39 Å². The lowest BCUT2D eigenvalue weighted by atomic mass is 9.87. The number of alkyl halides is 1. The first-order valence-electron chi connectivity index (χ1n) is 9.24. The summed E-state index contributed by atoms with van der Waals surface area (Å²) in [5, 5.41) is 2.75. The Hall–Kier alpha value is -1.90. The second-order valence-electron chi connectivity index (χ2n) is 7.31. The van der Waals surface area contributed by atoms with E-state index in [0.717, 1.165) is 9.87 Å². The molecule has 1 heterocycles. The molecule has 0 radical (unpaired) electrons. The van der Waals surface area contributed by atoms with E-state index in [1.807, 2.05) is 6.92 Å². The van der Waals surface area contributed by atoms with Crippen molar-refractivity contribution in [3.05, 3.63) is 57.4 Å². The summed E-state index contributed by atoms with van der Waals surface area (Å²) in [4.78, 5) is 12.8. The van der Waals surface area contributed by atoms with E-state index in [1.165, 1.54) is 19.3 Å². The molecule has 0 aromatic heterocycles. The molecule has 0 saturated heterocycles. The molecule has 9 heteroatoms. The van der Waals surface area contributed by atoms with Crippen LogP contribution in [0.2, 0.25) is 0 Å². The van der Waals surface area contributed by atoms with Gasteiger partial charge in [-0.05, 0) is 42.7 Å². The van der Waals surface area contributed by atoms with Crippen molar-refractivity contribution in [2.75, 3.05) is 13.8 Å². The molecule has 158 valence electrons. The topological polar surface area (TPSA) is 75.7 Å². The van der Waals surface area contributed by atoms with Gasteiger partial charge < -0.3 is 10.1 Å². The predicted octanol–water partition coefficient (Wildman–Crippen LogP) is 3.06. The molecule has 1 aliphatic heterocycles. The lowest BCUT2D eigenvalue weighted by Crippen LogP contribution is -2.55. The Morgan fingerprint density at radius 1 is 1.38 bits per heavy atom. The number of ether oxygens (including phenoxy) is 1. The maximum Gasteiger partial charge on any atom is 0.324 e. The first kappa shape index (κ1) is 21.8. The van der Waals surface area contributed by atoms with Gasteiger partial charge in [-0.15, -0.1) is 11.6 Å². The van der Waals surface area contributed by atoms with E-state index < -0.39 is 33.8 Å². The van der Waals surface area contributed by atoms with Crippen LogP contribution < -0.4 is 5.32 Å². The van der Waals surface area contributed by atoms with E-state index in [0.29, 0.717) is 23.2 Å². The number of carbonyl (C=O) groups is 1. The van der Waals surface area contributed by atoms with Gasteiger partial charge in [-0.25, -0.2) is 12.8 Å². The molecule has 0 saturated carbocycles. The first-order valence-corrected chi connectivity index (χ1v) is 11.1. The van der Waals surface area contributed by atoms with Crippen LogP contribution in [-0.4, -0.2) is 43.9 Å². The Labute approximate surface area is 175 Å². The van der Waals surface area contributed by atoms with Gasteiger partial charge in [0.05, 0.1) is 19.2 Å². The Kier molecular flexibility index (Phi) is 6.08. The second-order valence-corrected chi connectivity index (χ2v) is 9.73. The van der Waals surface area contributed by atoms with Crippen LogP contribution in [0.3, 0.4) is 0 Å². The number of nitrogens with zero attached hydrogens (tertiary/aromatic N) is 1. The SMILES string of the molecule is COC(=O)[C@H](C(C)c1c(F)ccc(C)c1C)N1CNC2=C(C=CC(Cl)C2)S1(=O)=O. The van der Waals surface area contributed by atoms with Crippen LogP contribution >= 0.6 is 11.6 Å². The quantitative estimate of drug-likeness (QED) is 0.573. The largest absolute Gasteiger partial charge is 0.468 e. The van der Waals surface area contributed by atoms with Crippen molar-refractivity contribution in [1.82, 2.24) is 9.62 Å². The molecular weight excluding hydrogens is 419 g/mol. The minimum absolute atomic E-state index is 0.0724. The molecule has 0 bridgehead atoms. The summed E-state index contributed by atoms with van der Waals surface area (Å²) in [6, 6.07) is 1.75. The van der Waals surface area contributed by atoms with Gasteiger partial charge >= 0.3 is 5.97 Å². The zero-order valence-corrected chi connectivity index (χ0v) is 18.3. The van der Waals surface area contributed by atoms with Gasteiger partial charge in [0.15, 0.2) is 0 Å². The molecule has 3 rings (SSSR count). The zero-order chi connectivity index (χ0) is 21.5. The van der Waals surface area contributed by atoms with E-state index in [4.69, 9.17) is 16.3 Å². The van der Waals surface area contributed by atoms with Gasteiger partial charge in [0.25, 0.3) is 0 Å². The van der Waals surface area contributed by atoms with Crippen molar-refractivity contribution in [2.45, 2.75) is 44.5 Å². The van der Waals surface area contributed by atoms with Crippen LogP contribution in [0.25, 0.3) is 0 Å². The molecule has 29 heavy (non-hydrogen) atoms. The van der Waals surface area contributed by atoms with Crippen molar-refractivity contribution in [1.29, 1.82) is 0 Å². The fourth-order valence-electron chi connectivity index (χ4n) is 3.90. The maximum atomic E-state index is 14.7. The van der Waals surface area contributed by atoms with Crippen molar-refractivity contribution >= 4 is 27.6 Å². The highest BCUT2D eigenvalue weighted by Crippen LogP contribution is 2.36. The number of benzene rings is 1. The lowest BCUT2D eigenvalue weighted by molar-refractivity contribution is -0.146. The number of nitrogens with one attached hydrogen (secondary N) is 1. The third-order valence-electron chi connectivity index (χ3n) is 5.60. The smallest absolute Gasteiger partial charge is 0.324 e. The van der Waals surface area contributed by atoms with E-state index in [2.05, 4.69) is 5.32 Å². The van der Waals surface area contributed by atoms with Crippen molar-refractivity contribution in [2.24, 2.45) is 0 Å². The molecule has 1 aromatic carbocycles. The lowest BCUT2D eigenvalue weighted by Gasteiger charge is -2.38. The Morgan fingerprint density at radius 3 is 2.72 bits per heavy atom. The number of halogens is 2. The third-order valence-corrected chi connectivity index (χ3v) is 7.81. The number of allylic oxidation sites excluding steroid dienone is 3. The summed E-state index contributed by atoms with van der Waals surface area (Å²) < 4.78 is 47.3. The summed E-state index contributed by atoms with van der Waals surface area (Å²) >= 11 is 6.10. The van der Waals surface area contributed by atoms with Gasteiger partial charge in [-0.3, -0.25) is 4.79 Å². The summed E-state index contributed by atoms with van der Waals surface area (Å²) in [7, 11) is -2.82. The first-order chi connectivity index (χ1) is 13.6. The van der Waals surface area contributed by atoms with Crippen LogP contribution in [0.1, 0.15) is 36.0 Å². The molecule has 2 unspecified atom stereocenters. The molecule has 2 aliphatic rings. The summed E-state index contributed by atoms with van der Waals surface area (Å²) in [5.74, 6) is -2.00. The number of hydrogen-bond acceptors (Lipinski definition) is 5. The monoisotopic (exact) mass is 442 g/mol. The van der Waals surface area contributed by atoms with Crippen LogP contribution in [0.5, 0.6) is 0 Å². The maximum absolute atomic E-state index is 14.7. The van der Waals surface area contributed by atoms with Crippen molar-refractivity contribution in [3.8, 4) is 0 Å². The molecule has 6 nitrogen and oxygen atoms in total. The highest BCUT2D eigenvalue weighted by Gasteiger charge is 2.45. The molecule has 3 atom stereocenters. The van der Waals surface area contributed by atoms with Gasteiger partial charge in [0.1, 0.15) is 16.8 Å². The van der Waals surface area contributed by atoms with Gasteiger partial charge in [-0.2, -0.15) is 4.31 Å². The van der Waals surface area contributed by atoms with Gasteiger partial charge in [0.2, 0.25) is 10.0 Å². The van der Waals surface area contributed by atoms with Gasteiger partial charge in [0, 0.05) is 18.0 Å². The number of carbonyl (C=O) groups excluding carboxylic acids is 1. The summed E-state index contributed by atoms with van der Waals surface area (Å²) in [5.41, 5.74) is 2.34. The van der Waals surface area contributed by atoms with Crippen molar-refractivity contribution < 1.29 is 22.3 Å². The second kappa shape index (κ2) is 8.08. The van der Waals surface area contributed by atoms with Gasteiger partial charge in [-0.1, -0.05) is 19.1 Å². The number of hydrogen-bond donors (Lipinski definition) is 1. The molecule has 0 spiro atoms. The predicted molar refractivity (Wildman–Crippen MR) is 109 cm³/mol. The van der Waals surface area contributed by atoms with Crippen LogP contribution in [0, 0.1) is 19.7 Å². The normalized spacial score (nSPS) is 23.2. The number of methoxy groups -OCH3 is 1. The molecule has 1 aromatic rings. The van der Waals surface area contributed by atoms with E-state index in [9.17, 15) is 17.6 Å². The van der Waals surface area contributed by atoms with Crippen molar-refractivity contribution in [3.63, 3.8) is 0 Å². The average molecular weight is 443 g/mol. The fourth-order valence-corrected chi connectivity index (χ4v) is 5.90. The van der Waals surface area contributed by atoms with Crippen LogP contribution in [-0.2, 0) is 19.6 Å². The van der Waals surface area contributed by atoms with E-state index in [-0.39, 0.29) is 17.0 Å². The number of esters is 1. The highest BCUT2D eigenvalue weighted by atomic mass is 35.5. The standard InChI is InChI=1S/C20H24ClFN2O4S/c1-11-5-7-15(22)18(12(11)2)13(3)19(20(25)28-4)24-10-23-16-9-14(21)6-8-17(16)29(24,26)27/h5-8,13-14,19,23H,9-10H2,1-4H3/t13?,14?,19-/m0/s1. The molecule has 0 fully saturated rings. The molecule has 0 amide bonds. The summed E-state index contributed by atoms with van der Waals surface area (Å²) in [6.07, 6.45) is 3.40. The Bertz CT molecular complexity index is 1010. The van der Waals surface area contributed by atoms with Crippen LogP contribution in [0.15, 0.2) is 34.9 Å². The zero-order valence-electron chi connectivity index (χ0n) is 16.7. The molecule has 1 aliphatic carbocycles. The summed E-state index contributed by atoms with van der Waals surface area (Å²) in [6.45, 7) is 5.10. The minimum Gasteiger partial charge on any atom is -0.468 e. The Balaban J connectivity index is 2.09. The Morgan fingerprint density at radius 2 is 2.07 bits per heavy atom. The fraction of sp³-hybridized carbons (Fsp3) is 0.450. The average Bonchev–Trinajstić information content (AvgIpc) is 2.66. The number of rotatable bonds is 4. The van der Waals surface area contributed by atoms with E-state index >= 15 is 0 Å². The van der Waals surface area contributed by atoms with E-state index in [1.54, 1.807) is 26.0 Å².